The topological polar surface area (TPSA) is 38.9 Å². The van der Waals surface area contributed by atoms with E-state index in [9.17, 15) is 0 Å². The highest BCUT2D eigenvalue weighted by Gasteiger charge is 2.53. The highest BCUT2D eigenvalue weighted by atomic mass is 16.3. The van der Waals surface area contributed by atoms with Gasteiger partial charge < -0.3 is 4.42 Å². The van der Waals surface area contributed by atoms with Gasteiger partial charge in [-0.15, -0.1) is 0 Å². The second kappa shape index (κ2) is 14.3. The van der Waals surface area contributed by atoms with Crippen molar-refractivity contribution in [2.24, 2.45) is 5.92 Å². The molecule has 3 nitrogen and oxygen atoms in total. The molecule has 0 bridgehead atoms. The summed E-state index contributed by atoms with van der Waals surface area (Å²) in [4.78, 5) is 10.3. The Morgan fingerprint density at radius 1 is 0.594 bits per heavy atom. The third-order valence-electron chi connectivity index (χ3n) is 15.7. The van der Waals surface area contributed by atoms with Crippen molar-refractivity contribution in [3.05, 3.63) is 203 Å². The van der Waals surface area contributed by atoms with E-state index in [0.717, 1.165) is 62.9 Å². The number of benzene rings is 6. The molecule has 2 atom stereocenters. The summed E-state index contributed by atoms with van der Waals surface area (Å²) in [5, 5.41) is 2.19. The molecule has 310 valence electrons. The van der Waals surface area contributed by atoms with Crippen molar-refractivity contribution in [3.63, 3.8) is 0 Å². The number of nitrogens with zero attached hydrogens (tertiary/aromatic N) is 2. The van der Waals surface area contributed by atoms with Crippen LogP contribution in [-0.2, 0) is 10.8 Å². The van der Waals surface area contributed by atoms with E-state index in [4.69, 9.17) is 14.4 Å². The summed E-state index contributed by atoms with van der Waals surface area (Å²) >= 11 is 0. The number of fused-ring (bicyclic) bond motifs is 11. The minimum absolute atomic E-state index is 0.0949. The van der Waals surface area contributed by atoms with Gasteiger partial charge in [0, 0.05) is 44.2 Å². The average Bonchev–Trinajstić information content (AvgIpc) is 3.94. The first-order chi connectivity index (χ1) is 31.4. The van der Waals surface area contributed by atoms with Crippen LogP contribution in [0.25, 0.3) is 78.1 Å². The van der Waals surface area contributed by atoms with E-state index < -0.39 is 0 Å². The fraction of sp³-hybridized carbons (Fsp3) is 0.213. The fourth-order valence-electron chi connectivity index (χ4n) is 12.5. The molecule has 0 N–H and O–H groups in total. The third kappa shape index (κ3) is 5.72. The van der Waals surface area contributed by atoms with Crippen LogP contribution in [-0.4, -0.2) is 9.97 Å². The largest absolute Gasteiger partial charge is 0.455 e. The van der Waals surface area contributed by atoms with Crippen LogP contribution in [0.4, 0.5) is 0 Å². The van der Waals surface area contributed by atoms with Crippen molar-refractivity contribution in [1.29, 1.82) is 0 Å². The van der Waals surface area contributed by atoms with Gasteiger partial charge in [0.05, 0.1) is 11.4 Å². The summed E-state index contributed by atoms with van der Waals surface area (Å²) in [7, 11) is 0. The van der Waals surface area contributed by atoms with Crippen LogP contribution in [0.5, 0.6) is 0 Å². The summed E-state index contributed by atoms with van der Waals surface area (Å²) in [5.41, 5.74) is 20.7. The van der Waals surface area contributed by atoms with E-state index in [1.165, 1.54) is 76.6 Å². The van der Waals surface area contributed by atoms with Gasteiger partial charge in [0.25, 0.3) is 0 Å². The van der Waals surface area contributed by atoms with Gasteiger partial charge in [0.1, 0.15) is 11.2 Å². The Labute approximate surface area is 375 Å². The molecule has 2 unspecified atom stereocenters. The van der Waals surface area contributed by atoms with Crippen LogP contribution in [0.1, 0.15) is 92.5 Å². The minimum atomic E-state index is -0.0949. The number of para-hydroxylation sites is 1. The van der Waals surface area contributed by atoms with Crippen molar-refractivity contribution >= 4 is 33.1 Å². The second-order valence-electron chi connectivity index (χ2n) is 19.5. The molecule has 5 aliphatic carbocycles. The number of aromatic nitrogens is 2. The summed E-state index contributed by atoms with van der Waals surface area (Å²) in [5.74, 6) is 1.68. The average molecular weight is 827 g/mol. The highest BCUT2D eigenvalue weighted by molar-refractivity contribution is 6.10. The molecule has 2 aromatic heterocycles. The van der Waals surface area contributed by atoms with Gasteiger partial charge in [-0.3, -0.25) is 0 Å². The Morgan fingerprint density at radius 2 is 1.36 bits per heavy atom. The van der Waals surface area contributed by atoms with Gasteiger partial charge in [-0.2, -0.15) is 0 Å². The van der Waals surface area contributed by atoms with Gasteiger partial charge in [0.15, 0.2) is 5.82 Å². The Kier molecular flexibility index (Phi) is 8.45. The quantitative estimate of drug-likeness (QED) is 0.173. The molecule has 3 heteroatoms. The maximum Gasteiger partial charge on any atom is 0.160 e. The Bertz CT molecular complexity index is 3330. The second-order valence-corrected chi connectivity index (χ2v) is 19.5. The van der Waals surface area contributed by atoms with Crippen LogP contribution in [0, 0.1) is 5.92 Å². The van der Waals surface area contributed by atoms with Crippen LogP contribution in [0.15, 0.2) is 180 Å². The molecule has 1 spiro atoms. The van der Waals surface area contributed by atoms with Gasteiger partial charge in [-0.25, -0.2) is 9.97 Å². The molecule has 0 amide bonds. The lowest BCUT2D eigenvalue weighted by Crippen LogP contribution is -2.35. The van der Waals surface area contributed by atoms with Crippen LogP contribution in [0.2, 0.25) is 0 Å². The minimum Gasteiger partial charge on any atom is -0.455 e. The number of rotatable bonds is 5. The van der Waals surface area contributed by atoms with Crippen molar-refractivity contribution in [1.82, 2.24) is 9.97 Å². The maximum absolute atomic E-state index is 6.80. The lowest BCUT2D eigenvalue weighted by Gasteiger charge is -2.41. The number of furan rings is 1. The summed E-state index contributed by atoms with van der Waals surface area (Å²) in [6, 6.07) is 51.1. The van der Waals surface area contributed by atoms with Gasteiger partial charge in [-0.05, 0) is 118 Å². The molecular weight excluding hydrogens is 777 g/mol. The molecule has 13 rings (SSSR count). The van der Waals surface area contributed by atoms with Crippen molar-refractivity contribution < 1.29 is 4.42 Å². The Balaban J connectivity index is 0.882. The van der Waals surface area contributed by atoms with Gasteiger partial charge in [0.2, 0.25) is 0 Å². The standard InChI is InChI=1S/C61H50N2O/c1-60(2)52-34-43(27-29-45(52)48-36-54-49(35-53(48)60)44-19-10-11-22-51(44)61(54)31-12-5-13-32-61)42-28-30-57-50(33-42)46-20-14-21-47(58(46)64-57)56-37-55(62-59(63-56)41-17-8-4-9-18-41)40-25-23-39(24-26-40)38-15-6-3-7-16-38/h3-4,6,8-11,14-15,17-30,33-37,49,54H,5,7,12-13,16,31-32H2,1-2H3. The molecule has 1 saturated carbocycles. The van der Waals surface area contributed by atoms with Crippen molar-refractivity contribution in [3.8, 4) is 45.0 Å². The maximum atomic E-state index is 6.80. The SMILES string of the molecule is CC1(C)C2=CC3c4ccccc4C4(CCCCC4)C3C=C2c2ccc(-c3ccc4oc5c(-c6cc(-c7ccc(C8=CC=CCC8)cc7)nc(-c7ccccc7)n6)cccc5c4c3)cc21. The van der Waals surface area contributed by atoms with Crippen molar-refractivity contribution in [2.45, 2.75) is 75.5 Å². The van der Waals surface area contributed by atoms with Crippen LogP contribution in [0.3, 0.4) is 0 Å². The first-order valence-electron chi connectivity index (χ1n) is 23.5. The molecule has 0 aliphatic heterocycles. The van der Waals surface area contributed by atoms with Crippen LogP contribution >= 0.6 is 0 Å². The van der Waals surface area contributed by atoms with E-state index >= 15 is 0 Å². The number of hydrogen-bond donors (Lipinski definition) is 0. The Hall–Kier alpha value is -6.84. The number of hydrogen-bond acceptors (Lipinski definition) is 3. The molecule has 1 fully saturated rings. The summed E-state index contributed by atoms with van der Waals surface area (Å²) in [6.45, 7) is 4.89. The van der Waals surface area contributed by atoms with E-state index in [0.29, 0.717) is 17.7 Å². The zero-order valence-electron chi connectivity index (χ0n) is 36.6. The molecule has 6 aromatic carbocycles. The van der Waals surface area contributed by atoms with Gasteiger partial charge >= 0.3 is 0 Å². The fourth-order valence-corrected chi connectivity index (χ4v) is 12.5. The molecule has 8 aromatic rings. The smallest absolute Gasteiger partial charge is 0.160 e. The zero-order valence-corrected chi connectivity index (χ0v) is 36.6. The number of allylic oxidation sites excluding steroid dienone is 8. The van der Waals surface area contributed by atoms with E-state index in [-0.39, 0.29) is 10.8 Å². The highest BCUT2D eigenvalue weighted by Crippen LogP contribution is 2.64. The Morgan fingerprint density at radius 3 is 2.20 bits per heavy atom. The summed E-state index contributed by atoms with van der Waals surface area (Å²) < 4.78 is 6.80. The third-order valence-corrected chi connectivity index (χ3v) is 15.7. The van der Waals surface area contributed by atoms with E-state index in [2.05, 4.69) is 166 Å². The predicted octanol–water partition coefficient (Wildman–Crippen LogP) is 16.0. The van der Waals surface area contributed by atoms with Gasteiger partial charge in [-0.1, -0.05) is 173 Å². The van der Waals surface area contributed by atoms with Crippen molar-refractivity contribution in [2.75, 3.05) is 0 Å². The molecule has 5 aliphatic rings. The normalized spacial score (nSPS) is 20.1. The zero-order chi connectivity index (χ0) is 42.6. The molecule has 0 saturated heterocycles. The van der Waals surface area contributed by atoms with E-state index in [1.807, 2.05) is 18.2 Å². The molecule has 64 heavy (non-hydrogen) atoms. The summed E-state index contributed by atoms with van der Waals surface area (Å²) in [6.07, 6.45) is 20.8. The first kappa shape index (κ1) is 37.7. The molecule has 2 heterocycles. The monoisotopic (exact) mass is 826 g/mol. The van der Waals surface area contributed by atoms with Crippen LogP contribution < -0.4 is 0 Å². The van der Waals surface area contributed by atoms with E-state index in [1.54, 1.807) is 11.1 Å². The first-order valence-corrected chi connectivity index (χ1v) is 23.5. The molecule has 0 radical (unpaired) electrons. The predicted molar refractivity (Wildman–Crippen MR) is 264 cm³/mol. The lowest BCUT2D eigenvalue weighted by atomic mass is 9.62. The molecular formula is C61H50N2O. The lowest BCUT2D eigenvalue weighted by molar-refractivity contribution is 0.233.